The van der Waals surface area contributed by atoms with Crippen LogP contribution in [-0.4, -0.2) is 28.6 Å². The van der Waals surface area contributed by atoms with Gasteiger partial charge in [-0.1, -0.05) is 102 Å². The zero-order chi connectivity index (χ0) is 38.1. The number of phenols is 1. The molecule has 276 valence electrons. The number of hydrogen-bond acceptors (Lipinski definition) is 6. The Balaban J connectivity index is 1.56. The number of nitrogens with zero attached hydrogens (tertiary/aromatic N) is 1. The fourth-order valence-corrected chi connectivity index (χ4v) is 6.42. The highest BCUT2D eigenvalue weighted by molar-refractivity contribution is 5.83. The molecule has 0 saturated carbocycles. The van der Waals surface area contributed by atoms with Crippen molar-refractivity contribution in [3.05, 3.63) is 190 Å². The average Bonchev–Trinajstić information content (AvgIpc) is 3.18. The van der Waals surface area contributed by atoms with Gasteiger partial charge in [0.2, 0.25) is 0 Å². The summed E-state index contributed by atoms with van der Waals surface area (Å²) in [7, 11) is 0. The van der Waals surface area contributed by atoms with Gasteiger partial charge in [-0.15, -0.1) is 0 Å². The molecule has 7 heteroatoms. The summed E-state index contributed by atoms with van der Waals surface area (Å²) in [5.41, 5.74) is 3.86. The van der Waals surface area contributed by atoms with Crippen molar-refractivity contribution in [2.24, 2.45) is 4.99 Å². The predicted octanol–water partition coefficient (Wildman–Crippen LogP) is 10.1. The maximum Gasteiger partial charge on any atom is 0.165 e. The van der Waals surface area contributed by atoms with Crippen LogP contribution in [0.2, 0.25) is 0 Å². The average molecular weight is 724 g/mol. The van der Waals surface area contributed by atoms with Crippen molar-refractivity contribution in [1.29, 1.82) is 0 Å². The van der Waals surface area contributed by atoms with E-state index in [-0.39, 0.29) is 31.3 Å². The van der Waals surface area contributed by atoms with Crippen LogP contribution in [0.1, 0.15) is 58.4 Å². The van der Waals surface area contributed by atoms with Gasteiger partial charge in [-0.25, -0.2) is 4.39 Å². The van der Waals surface area contributed by atoms with Gasteiger partial charge in [0.15, 0.2) is 11.6 Å². The summed E-state index contributed by atoms with van der Waals surface area (Å²) in [6, 6.07) is 42.2. The van der Waals surface area contributed by atoms with E-state index in [1.165, 1.54) is 18.3 Å². The van der Waals surface area contributed by atoms with E-state index < -0.39 is 23.2 Å². The second kappa shape index (κ2) is 17.3. The molecule has 6 aromatic carbocycles. The van der Waals surface area contributed by atoms with Crippen LogP contribution in [0.3, 0.4) is 0 Å². The lowest BCUT2D eigenvalue weighted by Gasteiger charge is -2.37. The number of aryl methyl sites for hydroxylation is 2. The lowest BCUT2D eigenvalue weighted by atomic mass is 9.76. The zero-order valence-electron chi connectivity index (χ0n) is 31.1. The number of aliphatic hydroxyl groups is 1. The monoisotopic (exact) mass is 723 g/mol. The minimum atomic E-state index is -1.89. The van der Waals surface area contributed by atoms with Crippen LogP contribution in [0.4, 0.5) is 4.39 Å². The minimum absolute atomic E-state index is 0.00323. The van der Waals surface area contributed by atoms with Crippen molar-refractivity contribution in [1.82, 2.24) is 0 Å². The smallest absolute Gasteiger partial charge is 0.165 e. The van der Waals surface area contributed by atoms with Gasteiger partial charge in [0.1, 0.15) is 36.1 Å². The molecule has 0 heterocycles. The molecule has 0 spiro atoms. The normalized spacial score (nSPS) is 12.2. The molecular formula is C47H46FNO5. The molecule has 0 aliphatic rings. The zero-order valence-corrected chi connectivity index (χ0v) is 31.1. The third-order valence-corrected chi connectivity index (χ3v) is 9.18. The van der Waals surface area contributed by atoms with Crippen LogP contribution in [0, 0.1) is 19.7 Å². The van der Waals surface area contributed by atoms with Crippen molar-refractivity contribution in [2.45, 2.75) is 65.1 Å². The fourth-order valence-electron chi connectivity index (χ4n) is 6.42. The molecule has 2 N–H and O–H groups in total. The predicted molar refractivity (Wildman–Crippen MR) is 212 cm³/mol. The van der Waals surface area contributed by atoms with Crippen molar-refractivity contribution >= 4 is 6.21 Å². The van der Waals surface area contributed by atoms with Crippen LogP contribution in [0.15, 0.2) is 145 Å². The second-order valence-electron chi connectivity index (χ2n) is 13.8. The van der Waals surface area contributed by atoms with Crippen LogP contribution in [0.25, 0.3) is 0 Å². The second-order valence-corrected chi connectivity index (χ2v) is 13.8. The maximum absolute atomic E-state index is 14.6. The van der Waals surface area contributed by atoms with Crippen LogP contribution in [0.5, 0.6) is 23.0 Å². The number of hydrogen-bond donors (Lipinski definition) is 2. The summed E-state index contributed by atoms with van der Waals surface area (Å²) < 4.78 is 33.6. The number of phenolic OH excluding ortho intramolecular Hbond substituents is 1. The Kier molecular flexibility index (Phi) is 12.1. The molecule has 0 fully saturated rings. The van der Waals surface area contributed by atoms with E-state index in [0.717, 1.165) is 33.6 Å². The standard InChI is InChI=1S/C47H46FNO5/c1-32(2)54-39-22-20-35(21-23-39)28-45(49-29-38-16-11-17-42(48)46(38)50)47(51,40-26-33(3)18-24-43(40)52-30-36-12-7-5-8-13-36)41-27-34(4)19-25-44(41)53-31-37-14-9-6-10-15-37/h5-27,29,32,45,50-51H,28,30-31H2,1-4H3/t45-/m0/s1. The van der Waals surface area contributed by atoms with Gasteiger partial charge in [-0.3, -0.25) is 4.99 Å². The molecular weight excluding hydrogens is 678 g/mol. The molecule has 0 aromatic heterocycles. The molecule has 54 heavy (non-hydrogen) atoms. The summed E-state index contributed by atoms with van der Waals surface area (Å²) in [5.74, 6) is 0.369. The first-order chi connectivity index (χ1) is 26.1. The van der Waals surface area contributed by atoms with E-state index in [1.54, 1.807) is 6.07 Å². The number of aliphatic imine (C=N–C) groups is 1. The third-order valence-electron chi connectivity index (χ3n) is 9.18. The molecule has 0 saturated heterocycles. The molecule has 0 aliphatic heterocycles. The van der Waals surface area contributed by atoms with Gasteiger partial charge in [-0.05, 0) is 99.3 Å². The van der Waals surface area contributed by atoms with E-state index in [1.807, 2.05) is 149 Å². The Hall–Kier alpha value is -5.92. The molecule has 0 bridgehead atoms. The number of halogens is 1. The van der Waals surface area contributed by atoms with Gasteiger partial charge < -0.3 is 24.4 Å². The first kappa shape index (κ1) is 37.8. The summed E-state index contributed by atoms with van der Waals surface area (Å²) in [6.07, 6.45) is 1.66. The Morgan fingerprint density at radius 3 is 1.72 bits per heavy atom. The number of aromatic hydroxyl groups is 1. The SMILES string of the molecule is Cc1ccc(OCc2ccccc2)c(C(O)(c2cc(C)ccc2OCc2ccccc2)[C@H](Cc2ccc(OC(C)C)cc2)N=Cc2cccc(F)c2O)c1. The summed E-state index contributed by atoms with van der Waals surface area (Å²) in [6.45, 7) is 8.40. The number of rotatable bonds is 15. The van der Waals surface area contributed by atoms with Crippen molar-refractivity contribution in [3.8, 4) is 23.0 Å². The van der Waals surface area contributed by atoms with E-state index >= 15 is 0 Å². The Morgan fingerprint density at radius 1 is 0.667 bits per heavy atom. The van der Waals surface area contributed by atoms with E-state index in [9.17, 15) is 14.6 Å². The largest absolute Gasteiger partial charge is 0.504 e. The highest BCUT2D eigenvalue weighted by Gasteiger charge is 2.45. The summed E-state index contributed by atoms with van der Waals surface area (Å²) in [4.78, 5) is 5.02. The molecule has 0 aliphatic carbocycles. The Morgan fingerprint density at radius 2 is 1.20 bits per heavy atom. The van der Waals surface area contributed by atoms with Crippen LogP contribution < -0.4 is 14.2 Å². The molecule has 0 radical (unpaired) electrons. The molecule has 6 aromatic rings. The molecule has 0 amide bonds. The van der Waals surface area contributed by atoms with E-state index in [0.29, 0.717) is 22.6 Å². The topological polar surface area (TPSA) is 80.5 Å². The fraction of sp³-hybridized carbons (Fsp3) is 0.213. The maximum atomic E-state index is 14.6. The van der Waals surface area contributed by atoms with Gasteiger partial charge in [-0.2, -0.15) is 0 Å². The molecule has 6 nitrogen and oxygen atoms in total. The van der Waals surface area contributed by atoms with Crippen LogP contribution in [-0.2, 0) is 25.2 Å². The van der Waals surface area contributed by atoms with Crippen molar-refractivity contribution in [2.75, 3.05) is 0 Å². The van der Waals surface area contributed by atoms with Crippen molar-refractivity contribution in [3.63, 3.8) is 0 Å². The molecule has 6 rings (SSSR count). The van der Waals surface area contributed by atoms with Crippen LogP contribution >= 0.6 is 0 Å². The first-order valence-corrected chi connectivity index (χ1v) is 18.1. The Labute approximate surface area is 317 Å². The molecule has 1 atom stereocenters. The van der Waals surface area contributed by atoms with Gasteiger partial charge in [0.25, 0.3) is 0 Å². The van der Waals surface area contributed by atoms with E-state index in [4.69, 9.17) is 19.2 Å². The summed E-state index contributed by atoms with van der Waals surface area (Å²) >= 11 is 0. The number of benzene rings is 6. The van der Waals surface area contributed by atoms with Gasteiger partial charge in [0, 0.05) is 22.9 Å². The van der Waals surface area contributed by atoms with Gasteiger partial charge >= 0.3 is 0 Å². The number of ether oxygens (including phenoxy) is 3. The first-order valence-electron chi connectivity index (χ1n) is 18.1. The quantitative estimate of drug-likeness (QED) is 0.103. The lowest BCUT2D eigenvalue weighted by molar-refractivity contribution is 0.0458. The minimum Gasteiger partial charge on any atom is -0.504 e. The highest BCUT2D eigenvalue weighted by atomic mass is 19.1. The van der Waals surface area contributed by atoms with Gasteiger partial charge in [0.05, 0.1) is 12.1 Å². The van der Waals surface area contributed by atoms with Crippen molar-refractivity contribution < 1.29 is 28.8 Å². The summed E-state index contributed by atoms with van der Waals surface area (Å²) in [5, 5.41) is 24.5. The van der Waals surface area contributed by atoms with E-state index in [2.05, 4.69) is 0 Å². The lowest BCUT2D eigenvalue weighted by Crippen LogP contribution is -2.42. The Bertz CT molecular complexity index is 2070. The molecule has 0 unspecified atom stereocenters. The number of para-hydroxylation sites is 1. The third kappa shape index (κ3) is 9.17. The highest BCUT2D eigenvalue weighted by Crippen LogP contribution is 2.46.